The highest BCUT2D eigenvalue weighted by Gasteiger charge is 2.43. The molecular weight excluding hydrogens is 394 g/mol. The van der Waals surface area contributed by atoms with Gasteiger partial charge < -0.3 is 15.7 Å². The second-order valence-corrected chi connectivity index (χ2v) is 7.92. The summed E-state index contributed by atoms with van der Waals surface area (Å²) in [5, 5.41) is 12.8. The van der Waals surface area contributed by atoms with E-state index in [1.807, 2.05) is 42.5 Å². The van der Waals surface area contributed by atoms with E-state index in [-0.39, 0.29) is 24.2 Å². The Bertz CT molecular complexity index is 864. The van der Waals surface area contributed by atoms with Gasteiger partial charge in [0.05, 0.1) is 6.54 Å². The molecule has 1 heterocycles. The van der Waals surface area contributed by atoms with Crippen LogP contribution in [0.15, 0.2) is 54.6 Å². The number of carboxylic acid groups (broad SMARTS) is 1. The van der Waals surface area contributed by atoms with Gasteiger partial charge in [0.25, 0.3) is 6.47 Å². The summed E-state index contributed by atoms with van der Waals surface area (Å²) in [6, 6.07) is 17.5. The van der Waals surface area contributed by atoms with Crippen LogP contribution >= 0.6 is 0 Å². The first kappa shape index (κ1) is 22.5. The van der Waals surface area contributed by atoms with Crippen LogP contribution in [-0.4, -0.2) is 47.9 Å². The van der Waals surface area contributed by atoms with Crippen LogP contribution in [0, 0.1) is 5.92 Å². The average molecular weight is 424 g/mol. The maximum absolute atomic E-state index is 12.5. The predicted octanol–water partition coefficient (Wildman–Crippen LogP) is 3.55. The molecule has 164 valence electrons. The number of hydrogen-bond acceptors (Lipinski definition) is 4. The fraction of sp³-hybridized carbons (Fsp3) is 0.375. The SMILES string of the molecule is O=C(CN1CCCCC1)Nc1ccc(NC(=O)[C@@H]2C[C@H]2c2ccccc2)cc1.O=CO. The minimum Gasteiger partial charge on any atom is -0.483 e. The third-order valence-corrected chi connectivity index (χ3v) is 5.61. The van der Waals surface area contributed by atoms with Crippen LogP contribution in [0.2, 0.25) is 0 Å². The number of likely N-dealkylation sites (tertiary alicyclic amines) is 1. The normalized spacial score (nSPS) is 20.0. The molecule has 0 spiro atoms. The van der Waals surface area contributed by atoms with Gasteiger partial charge in [-0.25, -0.2) is 0 Å². The van der Waals surface area contributed by atoms with Crippen LogP contribution < -0.4 is 10.6 Å². The van der Waals surface area contributed by atoms with Gasteiger partial charge in [0.15, 0.2) is 0 Å². The molecule has 0 unspecified atom stereocenters. The molecule has 2 aromatic rings. The van der Waals surface area contributed by atoms with E-state index in [4.69, 9.17) is 9.90 Å². The van der Waals surface area contributed by atoms with Gasteiger partial charge in [-0.05, 0) is 68.1 Å². The highest BCUT2D eigenvalue weighted by Crippen LogP contribution is 2.47. The maximum Gasteiger partial charge on any atom is 0.290 e. The lowest BCUT2D eigenvalue weighted by Crippen LogP contribution is -2.36. The monoisotopic (exact) mass is 423 g/mol. The molecule has 2 aromatic carbocycles. The summed E-state index contributed by atoms with van der Waals surface area (Å²) in [6.07, 6.45) is 4.51. The van der Waals surface area contributed by atoms with Gasteiger partial charge in [0, 0.05) is 17.3 Å². The smallest absolute Gasteiger partial charge is 0.290 e. The van der Waals surface area contributed by atoms with E-state index in [0.717, 1.165) is 30.9 Å². The zero-order valence-electron chi connectivity index (χ0n) is 17.5. The molecule has 1 aliphatic carbocycles. The van der Waals surface area contributed by atoms with E-state index in [1.54, 1.807) is 0 Å². The van der Waals surface area contributed by atoms with Crippen molar-refractivity contribution in [3.63, 3.8) is 0 Å². The van der Waals surface area contributed by atoms with E-state index in [0.29, 0.717) is 12.5 Å². The molecule has 3 N–H and O–H groups in total. The largest absolute Gasteiger partial charge is 0.483 e. The molecule has 7 nitrogen and oxygen atoms in total. The summed E-state index contributed by atoms with van der Waals surface area (Å²) < 4.78 is 0. The van der Waals surface area contributed by atoms with Crippen molar-refractivity contribution in [1.82, 2.24) is 4.90 Å². The van der Waals surface area contributed by atoms with Gasteiger partial charge in [-0.3, -0.25) is 19.3 Å². The topological polar surface area (TPSA) is 98.7 Å². The molecule has 2 aliphatic rings. The number of amides is 2. The number of rotatable bonds is 6. The quantitative estimate of drug-likeness (QED) is 0.617. The van der Waals surface area contributed by atoms with Crippen molar-refractivity contribution < 1.29 is 19.5 Å². The van der Waals surface area contributed by atoms with E-state index in [9.17, 15) is 9.59 Å². The summed E-state index contributed by atoms with van der Waals surface area (Å²) in [5.74, 6) is 0.457. The van der Waals surface area contributed by atoms with Crippen molar-refractivity contribution in [2.24, 2.45) is 5.92 Å². The molecule has 0 bridgehead atoms. The van der Waals surface area contributed by atoms with Crippen molar-refractivity contribution >= 4 is 29.7 Å². The van der Waals surface area contributed by atoms with Gasteiger partial charge in [-0.2, -0.15) is 0 Å². The van der Waals surface area contributed by atoms with Crippen LogP contribution in [0.3, 0.4) is 0 Å². The number of piperidine rings is 1. The number of anilines is 2. The van der Waals surface area contributed by atoms with Crippen molar-refractivity contribution in [3.05, 3.63) is 60.2 Å². The molecule has 0 aromatic heterocycles. The average Bonchev–Trinajstić information content (AvgIpc) is 3.58. The fourth-order valence-corrected chi connectivity index (χ4v) is 3.95. The van der Waals surface area contributed by atoms with Gasteiger partial charge >= 0.3 is 0 Å². The Kier molecular flexibility index (Phi) is 8.18. The Labute approximate surface area is 182 Å². The van der Waals surface area contributed by atoms with Crippen LogP contribution in [0.5, 0.6) is 0 Å². The molecule has 2 atom stereocenters. The molecule has 2 amide bonds. The molecule has 1 aliphatic heterocycles. The maximum atomic E-state index is 12.5. The standard InChI is InChI=1S/C23H27N3O2.CH2O2/c27-22(16-26-13-5-2-6-14-26)24-18-9-11-19(12-10-18)25-23(28)21-15-20(21)17-7-3-1-4-8-17;2-1-3/h1,3-4,7-12,20-21H,2,5-6,13-16H2,(H,24,27)(H,25,28);1H,(H,2,3)/t20-,21+;/m0./s1. The molecule has 31 heavy (non-hydrogen) atoms. The fourth-order valence-electron chi connectivity index (χ4n) is 3.95. The van der Waals surface area contributed by atoms with Crippen molar-refractivity contribution in [1.29, 1.82) is 0 Å². The van der Waals surface area contributed by atoms with Crippen LogP contribution in [0.4, 0.5) is 11.4 Å². The van der Waals surface area contributed by atoms with Gasteiger partial charge in [-0.1, -0.05) is 36.8 Å². The first-order valence-electron chi connectivity index (χ1n) is 10.7. The van der Waals surface area contributed by atoms with Gasteiger partial charge in [0.2, 0.25) is 11.8 Å². The van der Waals surface area contributed by atoms with Crippen LogP contribution in [-0.2, 0) is 14.4 Å². The van der Waals surface area contributed by atoms with Crippen LogP contribution in [0.25, 0.3) is 0 Å². The van der Waals surface area contributed by atoms with E-state index in [1.165, 1.54) is 24.8 Å². The minimum absolute atomic E-state index is 0.0161. The molecule has 0 radical (unpaired) electrons. The zero-order valence-corrected chi connectivity index (χ0v) is 17.5. The number of benzene rings is 2. The third kappa shape index (κ3) is 6.93. The molecule has 7 heteroatoms. The highest BCUT2D eigenvalue weighted by molar-refractivity contribution is 5.96. The molecule has 4 rings (SSSR count). The number of nitrogens with zero attached hydrogens (tertiary/aromatic N) is 1. The van der Waals surface area contributed by atoms with E-state index in [2.05, 4.69) is 27.7 Å². The third-order valence-electron chi connectivity index (χ3n) is 5.61. The summed E-state index contributed by atoms with van der Waals surface area (Å²) in [7, 11) is 0. The molecule has 1 saturated heterocycles. The summed E-state index contributed by atoms with van der Waals surface area (Å²) in [4.78, 5) is 35.2. The number of carbonyl (C=O) groups excluding carboxylic acids is 2. The lowest BCUT2D eigenvalue weighted by atomic mass is 10.1. The second kappa shape index (κ2) is 11.3. The van der Waals surface area contributed by atoms with Crippen molar-refractivity contribution in [2.75, 3.05) is 30.3 Å². The minimum atomic E-state index is -0.250. The van der Waals surface area contributed by atoms with E-state index >= 15 is 0 Å². The van der Waals surface area contributed by atoms with Gasteiger partial charge in [0.1, 0.15) is 0 Å². The Morgan fingerprint density at radius 1 is 0.935 bits per heavy atom. The molecule has 1 saturated carbocycles. The lowest BCUT2D eigenvalue weighted by molar-refractivity contribution is -0.123. The molecular formula is C24H29N3O4. The number of carbonyl (C=O) groups is 3. The first-order valence-corrected chi connectivity index (χ1v) is 10.7. The second-order valence-electron chi connectivity index (χ2n) is 7.92. The predicted molar refractivity (Wildman–Crippen MR) is 120 cm³/mol. The molecule has 2 fully saturated rings. The Morgan fingerprint density at radius 2 is 1.52 bits per heavy atom. The Balaban J connectivity index is 0.000000858. The number of nitrogens with one attached hydrogen (secondary N) is 2. The Hall–Kier alpha value is -3.19. The van der Waals surface area contributed by atoms with Gasteiger partial charge in [-0.15, -0.1) is 0 Å². The van der Waals surface area contributed by atoms with E-state index < -0.39 is 0 Å². The van der Waals surface area contributed by atoms with Crippen LogP contribution in [0.1, 0.15) is 37.2 Å². The lowest BCUT2D eigenvalue weighted by Gasteiger charge is -2.25. The summed E-state index contributed by atoms with van der Waals surface area (Å²) in [6.45, 7) is 2.20. The highest BCUT2D eigenvalue weighted by atomic mass is 16.3. The van der Waals surface area contributed by atoms with Crippen molar-refractivity contribution in [2.45, 2.75) is 31.6 Å². The zero-order chi connectivity index (χ0) is 22.1. The summed E-state index contributed by atoms with van der Waals surface area (Å²) >= 11 is 0. The number of hydrogen-bond donors (Lipinski definition) is 3. The Morgan fingerprint density at radius 3 is 2.13 bits per heavy atom. The van der Waals surface area contributed by atoms with Crippen molar-refractivity contribution in [3.8, 4) is 0 Å². The summed E-state index contributed by atoms with van der Waals surface area (Å²) in [5.41, 5.74) is 2.75. The first-order chi connectivity index (χ1) is 15.1.